The number of hydrogen-bond donors (Lipinski definition) is 1. The summed E-state index contributed by atoms with van der Waals surface area (Å²) in [6.45, 7) is 9.55. The van der Waals surface area contributed by atoms with Crippen molar-refractivity contribution in [3.05, 3.63) is 60.4 Å². The van der Waals surface area contributed by atoms with Gasteiger partial charge in [0, 0.05) is 63.4 Å². The highest BCUT2D eigenvalue weighted by atomic mass is 16.5. The van der Waals surface area contributed by atoms with E-state index in [2.05, 4.69) is 16.9 Å². The number of amides is 3. The van der Waals surface area contributed by atoms with Crippen LogP contribution in [0.2, 0.25) is 0 Å². The van der Waals surface area contributed by atoms with Crippen LogP contribution in [0.25, 0.3) is 11.0 Å². The van der Waals surface area contributed by atoms with Gasteiger partial charge in [-0.1, -0.05) is 12.6 Å². The van der Waals surface area contributed by atoms with Crippen LogP contribution in [0.15, 0.2) is 49.2 Å². The van der Waals surface area contributed by atoms with Gasteiger partial charge < -0.3 is 19.1 Å². The lowest BCUT2D eigenvalue weighted by molar-refractivity contribution is -0.130. The van der Waals surface area contributed by atoms with E-state index in [1.807, 2.05) is 39.5 Å². The molecule has 0 bridgehead atoms. The summed E-state index contributed by atoms with van der Waals surface area (Å²) in [4.78, 5) is 50.4. The first kappa shape index (κ1) is 27.4. The Balaban J connectivity index is 1.53. The van der Waals surface area contributed by atoms with Crippen molar-refractivity contribution in [3.63, 3.8) is 0 Å². The number of rotatable bonds is 6. The van der Waals surface area contributed by atoms with Crippen molar-refractivity contribution in [2.45, 2.75) is 58.1 Å². The number of carbonyl (C=O) groups is 3. The lowest BCUT2D eigenvalue weighted by Gasteiger charge is -2.32. The normalized spacial score (nSPS) is 18.3. The average molecular weight is 545 g/mol. The number of imidazole rings is 1. The largest absolute Gasteiger partial charge is 0.488 e. The van der Waals surface area contributed by atoms with Crippen molar-refractivity contribution in [2.24, 2.45) is 0 Å². The van der Waals surface area contributed by atoms with Gasteiger partial charge in [-0.25, -0.2) is 4.98 Å². The predicted octanol–water partition coefficient (Wildman–Crippen LogP) is 4.12. The Bertz CT molecular complexity index is 1420. The molecule has 210 valence electrons. The van der Waals surface area contributed by atoms with Gasteiger partial charge in [-0.05, 0) is 56.5 Å². The molecule has 2 aliphatic heterocycles. The zero-order valence-electron chi connectivity index (χ0n) is 23.1. The lowest BCUT2D eigenvalue weighted by Crippen LogP contribution is -2.40. The highest BCUT2D eigenvalue weighted by Crippen LogP contribution is 2.36. The maximum absolute atomic E-state index is 13.3. The molecule has 40 heavy (non-hydrogen) atoms. The van der Waals surface area contributed by atoms with Gasteiger partial charge in [-0.2, -0.15) is 0 Å². The molecule has 10 nitrogen and oxygen atoms in total. The number of para-hydroxylation sites is 1. The smallest absolute Gasteiger partial charge is 0.258 e. The summed E-state index contributed by atoms with van der Waals surface area (Å²) in [5.41, 5.74) is 2.72. The van der Waals surface area contributed by atoms with Crippen molar-refractivity contribution >= 4 is 34.7 Å². The van der Waals surface area contributed by atoms with Gasteiger partial charge in [-0.15, -0.1) is 0 Å². The van der Waals surface area contributed by atoms with Crippen LogP contribution in [0.5, 0.6) is 5.75 Å². The maximum Gasteiger partial charge on any atom is 0.258 e. The number of carbonyl (C=O) groups excluding carboxylic acids is 3. The minimum Gasteiger partial charge on any atom is -0.488 e. The van der Waals surface area contributed by atoms with E-state index in [1.54, 1.807) is 25.3 Å². The minimum absolute atomic E-state index is 0.0460. The molecule has 2 saturated heterocycles. The number of aromatic nitrogens is 3. The number of fused-ring (bicyclic) bond motifs is 1. The molecule has 2 aromatic heterocycles. The van der Waals surface area contributed by atoms with E-state index in [0.29, 0.717) is 49.0 Å². The summed E-state index contributed by atoms with van der Waals surface area (Å²) >= 11 is 0. The molecule has 3 amide bonds. The summed E-state index contributed by atoms with van der Waals surface area (Å²) < 4.78 is 8.59. The van der Waals surface area contributed by atoms with E-state index in [-0.39, 0.29) is 29.9 Å². The Morgan fingerprint density at radius 1 is 1.07 bits per heavy atom. The molecule has 2 aliphatic rings. The number of benzene rings is 1. The van der Waals surface area contributed by atoms with Crippen LogP contribution in [0, 0.1) is 6.92 Å². The molecule has 0 radical (unpaired) electrons. The van der Waals surface area contributed by atoms with Crippen molar-refractivity contribution < 1.29 is 19.1 Å². The van der Waals surface area contributed by atoms with Gasteiger partial charge in [-0.3, -0.25) is 24.7 Å². The quantitative estimate of drug-likeness (QED) is 0.468. The van der Waals surface area contributed by atoms with Crippen LogP contribution >= 0.6 is 0 Å². The summed E-state index contributed by atoms with van der Waals surface area (Å²) in [5, 5.41) is 3.03. The Morgan fingerprint density at radius 2 is 1.88 bits per heavy atom. The summed E-state index contributed by atoms with van der Waals surface area (Å²) in [7, 11) is 0. The van der Waals surface area contributed by atoms with Crippen LogP contribution < -0.4 is 10.1 Å². The topological polar surface area (TPSA) is 110 Å². The Kier molecular flexibility index (Phi) is 8.14. The summed E-state index contributed by atoms with van der Waals surface area (Å²) in [5.74, 6) is 0.777. The van der Waals surface area contributed by atoms with Gasteiger partial charge in [0.15, 0.2) is 0 Å². The van der Waals surface area contributed by atoms with Gasteiger partial charge in [0.25, 0.3) is 5.91 Å². The summed E-state index contributed by atoms with van der Waals surface area (Å²) in [6, 6.07) is 9.02. The molecule has 4 heterocycles. The van der Waals surface area contributed by atoms with Crippen LogP contribution in [0.1, 0.15) is 61.1 Å². The molecular formula is C30H36N6O4. The third-order valence-electron chi connectivity index (χ3n) is 7.74. The number of nitrogens with zero attached hydrogens (tertiary/aromatic N) is 5. The zero-order chi connectivity index (χ0) is 28.2. The molecule has 1 aromatic carbocycles. The van der Waals surface area contributed by atoms with E-state index in [1.165, 1.54) is 6.08 Å². The van der Waals surface area contributed by atoms with Crippen molar-refractivity contribution in [1.29, 1.82) is 0 Å². The first-order valence-electron chi connectivity index (χ1n) is 13.9. The Hall–Kier alpha value is -4.21. The predicted molar refractivity (Wildman–Crippen MR) is 152 cm³/mol. The number of nitrogens with one attached hydrogen (secondary N) is 1. The second-order valence-corrected chi connectivity index (χ2v) is 10.5. The first-order chi connectivity index (χ1) is 19.3. The summed E-state index contributed by atoms with van der Waals surface area (Å²) in [6.07, 6.45) is 7.02. The van der Waals surface area contributed by atoms with E-state index in [9.17, 15) is 14.4 Å². The Labute approximate surface area is 234 Å². The number of piperidine rings is 1. The average Bonchev–Trinajstić information content (AvgIpc) is 3.14. The standard InChI is InChI=1S/C30H36N6O4/c1-4-27(38)35-15-6-5-8-23(19-35)36-28-25(32-30(36)33-29(39)22-11-14-31-20(2)18-22)9-7-10-26(28)40-24-12-16-34(17-13-24)21(3)37/h4,7,9-11,14,18,23-24H,1,5-6,8,12-13,15-17,19H2,2-3H3,(H,32,33,39)/t23-/m1/s1. The number of aryl methyl sites for hydroxylation is 1. The maximum atomic E-state index is 13.3. The van der Waals surface area contributed by atoms with E-state index < -0.39 is 0 Å². The fourth-order valence-electron chi connectivity index (χ4n) is 5.64. The van der Waals surface area contributed by atoms with Crippen molar-refractivity contribution in [3.8, 4) is 5.75 Å². The second-order valence-electron chi connectivity index (χ2n) is 10.5. The van der Waals surface area contributed by atoms with Gasteiger partial charge in [0.05, 0.1) is 11.6 Å². The first-order valence-corrected chi connectivity index (χ1v) is 13.9. The van der Waals surface area contributed by atoms with E-state index in [0.717, 1.165) is 43.3 Å². The number of likely N-dealkylation sites (tertiary alicyclic amines) is 2. The van der Waals surface area contributed by atoms with Crippen LogP contribution in [-0.4, -0.2) is 74.3 Å². The molecule has 1 atom stereocenters. The molecule has 2 fully saturated rings. The fourth-order valence-corrected chi connectivity index (χ4v) is 5.64. The molecular weight excluding hydrogens is 508 g/mol. The molecule has 0 saturated carbocycles. The molecule has 10 heteroatoms. The molecule has 3 aromatic rings. The van der Waals surface area contributed by atoms with Crippen LogP contribution in [-0.2, 0) is 9.59 Å². The molecule has 0 aliphatic carbocycles. The molecule has 5 rings (SSSR count). The van der Waals surface area contributed by atoms with Gasteiger partial charge >= 0.3 is 0 Å². The third kappa shape index (κ3) is 5.85. The van der Waals surface area contributed by atoms with Crippen LogP contribution in [0.3, 0.4) is 0 Å². The number of pyridine rings is 1. The lowest BCUT2D eigenvalue weighted by atomic mass is 10.1. The highest BCUT2D eigenvalue weighted by Gasteiger charge is 2.29. The van der Waals surface area contributed by atoms with E-state index >= 15 is 0 Å². The van der Waals surface area contributed by atoms with Gasteiger partial charge in [0.2, 0.25) is 17.8 Å². The number of hydrogen-bond acceptors (Lipinski definition) is 6. The monoisotopic (exact) mass is 544 g/mol. The minimum atomic E-state index is -0.284. The molecule has 1 N–H and O–H groups in total. The number of ether oxygens (including phenoxy) is 1. The molecule has 0 unspecified atom stereocenters. The van der Waals surface area contributed by atoms with E-state index in [4.69, 9.17) is 9.72 Å². The van der Waals surface area contributed by atoms with Crippen LogP contribution in [0.4, 0.5) is 5.95 Å². The zero-order valence-corrected chi connectivity index (χ0v) is 23.1. The fraction of sp³-hybridized carbons (Fsp3) is 0.433. The Morgan fingerprint density at radius 3 is 2.60 bits per heavy atom. The third-order valence-corrected chi connectivity index (χ3v) is 7.74. The SMILES string of the molecule is C=CC(=O)N1CCCC[C@@H](n2c(NC(=O)c3ccnc(C)c3)nc3cccc(OC4CCN(C(C)=O)CC4)c32)C1. The second kappa shape index (κ2) is 11.9. The number of anilines is 1. The van der Waals surface area contributed by atoms with Crippen molar-refractivity contribution in [1.82, 2.24) is 24.3 Å². The molecule has 0 spiro atoms. The van der Waals surface area contributed by atoms with Gasteiger partial charge in [0.1, 0.15) is 17.4 Å². The highest BCUT2D eigenvalue weighted by molar-refractivity contribution is 6.04. The van der Waals surface area contributed by atoms with Crippen molar-refractivity contribution in [2.75, 3.05) is 31.5 Å².